The van der Waals surface area contributed by atoms with Gasteiger partial charge in [-0.05, 0) is 42.2 Å². The first-order chi connectivity index (χ1) is 10.6. The van der Waals surface area contributed by atoms with Crippen LogP contribution in [-0.4, -0.2) is 24.3 Å². The van der Waals surface area contributed by atoms with E-state index in [0.29, 0.717) is 6.54 Å². The molecule has 0 aromatic heterocycles. The third kappa shape index (κ3) is 3.22. The quantitative estimate of drug-likeness (QED) is 0.794. The Balaban J connectivity index is 1.60. The molecule has 116 valence electrons. The zero-order valence-corrected chi connectivity index (χ0v) is 12.8. The molecule has 2 aromatic carbocycles. The molecule has 3 N–H and O–H groups in total. The second-order valence-electron chi connectivity index (χ2n) is 6.31. The van der Waals surface area contributed by atoms with Crippen LogP contribution in [0.1, 0.15) is 31.4 Å². The summed E-state index contributed by atoms with van der Waals surface area (Å²) in [5, 5.41) is 17.4. The minimum absolute atomic E-state index is 0.0612. The van der Waals surface area contributed by atoms with Crippen molar-refractivity contribution in [1.82, 2.24) is 10.6 Å². The van der Waals surface area contributed by atoms with E-state index in [1.165, 1.54) is 10.8 Å². The Morgan fingerprint density at radius 3 is 2.64 bits per heavy atom. The molecular weight excluding hydrogens is 276 g/mol. The lowest BCUT2D eigenvalue weighted by atomic mass is 10.0. The lowest BCUT2D eigenvalue weighted by molar-refractivity contribution is 0.202. The van der Waals surface area contributed by atoms with Crippen LogP contribution in [0.4, 0.5) is 4.79 Å². The normalized spacial score (nSPS) is 17.0. The van der Waals surface area contributed by atoms with Gasteiger partial charge in [0.2, 0.25) is 0 Å². The summed E-state index contributed by atoms with van der Waals surface area (Å²) >= 11 is 0. The summed E-state index contributed by atoms with van der Waals surface area (Å²) in [6.45, 7) is 2.66. The fraction of sp³-hybridized carbons (Fsp3) is 0.389. The van der Waals surface area contributed by atoms with Gasteiger partial charge in [0, 0.05) is 12.0 Å². The number of nitrogens with one attached hydrogen (secondary N) is 2. The Labute approximate surface area is 130 Å². The topological polar surface area (TPSA) is 61.4 Å². The molecule has 1 aliphatic rings. The smallest absolute Gasteiger partial charge is 0.315 e. The first-order valence-corrected chi connectivity index (χ1v) is 7.76. The number of carbonyl (C=O) groups is 1. The molecule has 4 nitrogen and oxygen atoms in total. The lowest BCUT2D eigenvalue weighted by Gasteiger charge is -2.18. The fourth-order valence-corrected chi connectivity index (χ4v) is 2.64. The first-order valence-electron chi connectivity index (χ1n) is 7.76. The summed E-state index contributed by atoms with van der Waals surface area (Å²) in [7, 11) is 0. The molecule has 1 aliphatic carbocycles. The van der Waals surface area contributed by atoms with Gasteiger partial charge in [-0.3, -0.25) is 0 Å². The van der Waals surface area contributed by atoms with Crippen LogP contribution in [0.3, 0.4) is 0 Å². The maximum Gasteiger partial charge on any atom is 0.315 e. The highest BCUT2D eigenvalue weighted by molar-refractivity contribution is 5.83. The maximum atomic E-state index is 12.0. The number of fused-ring (bicyclic) bond motifs is 1. The molecular formula is C18H22N2O2. The van der Waals surface area contributed by atoms with E-state index < -0.39 is 0 Å². The molecule has 4 heteroatoms. The lowest BCUT2D eigenvalue weighted by Crippen LogP contribution is -2.40. The monoisotopic (exact) mass is 298 g/mol. The third-order valence-corrected chi connectivity index (χ3v) is 4.54. The standard InChI is InChI=1S/C18H22N2O2/c1-13(20-17(22)19-11-18(12-21)8-9-18)15-7-6-14-4-2-3-5-16(14)10-15/h2-7,10,13,21H,8-9,11-12H2,1H3,(H2,19,20,22). The number of benzene rings is 2. The molecule has 0 spiro atoms. The van der Waals surface area contributed by atoms with E-state index in [4.69, 9.17) is 0 Å². The highest BCUT2D eigenvalue weighted by Crippen LogP contribution is 2.44. The second-order valence-corrected chi connectivity index (χ2v) is 6.31. The van der Waals surface area contributed by atoms with Crippen LogP contribution in [0.5, 0.6) is 0 Å². The van der Waals surface area contributed by atoms with Crippen LogP contribution in [-0.2, 0) is 0 Å². The number of urea groups is 1. The van der Waals surface area contributed by atoms with Gasteiger partial charge in [0.25, 0.3) is 0 Å². The van der Waals surface area contributed by atoms with Crippen molar-refractivity contribution >= 4 is 16.8 Å². The number of hydrogen-bond acceptors (Lipinski definition) is 2. The van der Waals surface area contributed by atoms with Gasteiger partial charge in [-0.25, -0.2) is 4.79 Å². The predicted molar refractivity (Wildman–Crippen MR) is 87.7 cm³/mol. The molecule has 1 atom stereocenters. The average molecular weight is 298 g/mol. The second kappa shape index (κ2) is 5.97. The van der Waals surface area contributed by atoms with E-state index in [2.05, 4.69) is 34.9 Å². The molecule has 0 heterocycles. The van der Waals surface area contributed by atoms with E-state index in [1.54, 1.807) is 0 Å². The van der Waals surface area contributed by atoms with E-state index >= 15 is 0 Å². The van der Waals surface area contributed by atoms with E-state index in [1.807, 2.05) is 25.1 Å². The largest absolute Gasteiger partial charge is 0.396 e. The van der Waals surface area contributed by atoms with Crippen LogP contribution in [0.15, 0.2) is 42.5 Å². The Morgan fingerprint density at radius 1 is 1.23 bits per heavy atom. The van der Waals surface area contributed by atoms with Crippen molar-refractivity contribution in [2.24, 2.45) is 5.41 Å². The summed E-state index contributed by atoms with van der Waals surface area (Å²) in [6.07, 6.45) is 1.98. The number of aliphatic hydroxyl groups is 1. The summed E-state index contributed by atoms with van der Waals surface area (Å²) in [6, 6.07) is 14.2. The van der Waals surface area contributed by atoms with Crippen molar-refractivity contribution in [2.75, 3.05) is 13.2 Å². The number of rotatable bonds is 5. The van der Waals surface area contributed by atoms with Gasteiger partial charge in [-0.2, -0.15) is 0 Å². The maximum absolute atomic E-state index is 12.0. The molecule has 0 radical (unpaired) electrons. The summed E-state index contributed by atoms with van der Waals surface area (Å²) in [5.41, 5.74) is 1.01. The molecule has 1 saturated carbocycles. The average Bonchev–Trinajstić information content (AvgIpc) is 3.33. The van der Waals surface area contributed by atoms with Crippen LogP contribution < -0.4 is 10.6 Å². The van der Waals surface area contributed by atoms with E-state index in [-0.39, 0.29) is 24.1 Å². The molecule has 3 rings (SSSR count). The highest BCUT2D eigenvalue weighted by Gasteiger charge is 2.42. The molecule has 2 aromatic rings. The molecule has 0 bridgehead atoms. The highest BCUT2D eigenvalue weighted by atomic mass is 16.3. The summed E-state index contributed by atoms with van der Waals surface area (Å²) in [5.74, 6) is 0. The first kappa shape index (κ1) is 14.9. The number of aliphatic hydroxyl groups excluding tert-OH is 1. The summed E-state index contributed by atoms with van der Waals surface area (Å²) in [4.78, 5) is 12.0. The minimum Gasteiger partial charge on any atom is -0.396 e. The van der Waals surface area contributed by atoms with Gasteiger partial charge in [-0.15, -0.1) is 0 Å². The Kier molecular flexibility index (Phi) is 4.03. The third-order valence-electron chi connectivity index (χ3n) is 4.54. The Bertz CT molecular complexity index is 680. The number of amides is 2. The number of hydrogen-bond donors (Lipinski definition) is 3. The van der Waals surface area contributed by atoms with Crippen molar-refractivity contribution in [3.8, 4) is 0 Å². The van der Waals surface area contributed by atoms with Crippen LogP contribution in [0, 0.1) is 5.41 Å². The predicted octanol–water partition coefficient (Wildman–Crippen LogP) is 2.97. The summed E-state index contributed by atoms with van der Waals surface area (Å²) < 4.78 is 0. The van der Waals surface area contributed by atoms with Gasteiger partial charge in [0.1, 0.15) is 0 Å². The Morgan fingerprint density at radius 2 is 1.95 bits per heavy atom. The van der Waals surface area contributed by atoms with Gasteiger partial charge in [-0.1, -0.05) is 36.4 Å². The van der Waals surface area contributed by atoms with E-state index in [0.717, 1.165) is 18.4 Å². The van der Waals surface area contributed by atoms with Crippen LogP contribution in [0.25, 0.3) is 10.8 Å². The molecule has 0 saturated heterocycles. The molecule has 1 fully saturated rings. The van der Waals surface area contributed by atoms with Crippen molar-refractivity contribution in [3.05, 3.63) is 48.0 Å². The van der Waals surface area contributed by atoms with Gasteiger partial charge < -0.3 is 15.7 Å². The molecule has 2 amide bonds. The molecule has 22 heavy (non-hydrogen) atoms. The van der Waals surface area contributed by atoms with Crippen LogP contribution >= 0.6 is 0 Å². The minimum atomic E-state index is -0.180. The molecule has 1 unspecified atom stereocenters. The van der Waals surface area contributed by atoms with Crippen molar-refractivity contribution in [2.45, 2.75) is 25.8 Å². The van der Waals surface area contributed by atoms with Crippen molar-refractivity contribution in [1.29, 1.82) is 0 Å². The SMILES string of the molecule is CC(NC(=O)NCC1(CO)CC1)c1ccc2ccccc2c1. The van der Waals surface area contributed by atoms with Crippen LogP contribution in [0.2, 0.25) is 0 Å². The van der Waals surface area contributed by atoms with Gasteiger partial charge >= 0.3 is 6.03 Å². The number of carbonyl (C=O) groups excluding carboxylic acids is 1. The van der Waals surface area contributed by atoms with Gasteiger partial charge in [0.15, 0.2) is 0 Å². The fourth-order valence-electron chi connectivity index (χ4n) is 2.64. The molecule has 0 aliphatic heterocycles. The zero-order valence-electron chi connectivity index (χ0n) is 12.8. The zero-order chi connectivity index (χ0) is 15.6. The van der Waals surface area contributed by atoms with E-state index in [9.17, 15) is 9.90 Å². The van der Waals surface area contributed by atoms with Gasteiger partial charge in [0.05, 0.1) is 12.6 Å². The van der Waals surface area contributed by atoms with Crippen molar-refractivity contribution < 1.29 is 9.90 Å². The Hall–Kier alpha value is -2.07. The van der Waals surface area contributed by atoms with Crippen molar-refractivity contribution in [3.63, 3.8) is 0 Å².